The zero-order chi connectivity index (χ0) is 15.2. The normalized spacial score (nSPS) is 17.5. The van der Waals surface area contributed by atoms with Crippen LogP contribution in [-0.4, -0.2) is 57.0 Å². The average Bonchev–Trinajstić information content (AvgIpc) is 3.02. The van der Waals surface area contributed by atoms with E-state index in [-0.39, 0.29) is 0 Å². The fourth-order valence-corrected chi connectivity index (χ4v) is 3.40. The van der Waals surface area contributed by atoms with Crippen LogP contribution in [0.1, 0.15) is 5.69 Å². The summed E-state index contributed by atoms with van der Waals surface area (Å²) in [4.78, 5) is 3.18. The van der Waals surface area contributed by atoms with E-state index >= 15 is 0 Å². The van der Waals surface area contributed by atoms with Crippen LogP contribution in [0.3, 0.4) is 0 Å². The molecule has 0 aliphatic carbocycles. The Morgan fingerprint density at radius 2 is 1.91 bits per heavy atom. The van der Waals surface area contributed by atoms with Gasteiger partial charge >= 0.3 is 0 Å². The minimum absolute atomic E-state index is 0.404. The van der Waals surface area contributed by atoms with E-state index in [2.05, 4.69) is 15.2 Å². The lowest BCUT2D eigenvalue weighted by Crippen LogP contribution is -2.38. The van der Waals surface area contributed by atoms with Gasteiger partial charge in [-0.2, -0.15) is 0 Å². The number of nitrogens with zero attached hydrogens (tertiary/aromatic N) is 4. The molecule has 22 heavy (non-hydrogen) atoms. The van der Waals surface area contributed by atoms with E-state index in [1.54, 1.807) is 0 Å². The third kappa shape index (κ3) is 4.22. The van der Waals surface area contributed by atoms with Crippen molar-refractivity contribution >= 4 is 10.8 Å². The van der Waals surface area contributed by atoms with Crippen molar-refractivity contribution in [1.29, 1.82) is 0 Å². The Morgan fingerprint density at radius 1 is 1.14 bits per heavy atom. The van der Waals surface area contributed by atoms with Gasteiger partial charge in [0.05, 0.1) is 42.0 Å². The van der Waals surface area contributed by atoms with Crippen LogP contribution in [0.2, 0.25) is 0 Å². The summed E-state index contributed by atoms with van der Waals surface area (Å²) in [7, 11) is -1.07. The third-order valence-electron chi connectivity index (χ3n) is 3.62. The molecule has 0 amide bonds. The van der Waals surface area contributed by atoms with Gasteiger partial charge in [0, 0.05) is 30.7 Å². The van der Waals surface area contributed by atoms with Gasteiger partial charge in [-0.3, -0.25) is 13.8 Å². The molecule has 0 radical (unpaired) electrons. The molecule has 2 heterocycles. The number of morpholine rings is 1. The molecule has 1 saturated heterocycles. The molecular weight excluding hydrogens is 300 g/mol. The van der Waals surface area contributed by atoms with Crippen molar-refractivity contribution in [2.45, 2.75) is 17.2 Å². The van der Waals surface area contributed by atoms with E-state index in [9.17, 15) is 4.21 Å². The molecule has 0 N–H and O–H groups in total. The Bertz CT molecular complexity index is 611. The van der Waals surface area contributed by atoms with Gasteiger partial charge in [-0.25, -0.2) is 0 Å². The van der Waals surface area contributed by atoms with Crippen molar-refractivity contribution in [1.82, 2.24) is 19.9 Å². The molecule has 1 aliphatic rings. The average molecular weight is 320 g/mol. The van der Waals surface area contributed by atoms with E-state index in [0.717, 1.165) is 50.0 Å². The Hall–Kier alpha value is -1.57. The van der Waals surface area contributed by atoms with Crippen LogP contribution in [-0.2, 0) is 27.8 Å². The third-order valence-corrected chi connectivity index (χ3v) is 4.98. The highest BCUT2D eigenvalue weighted by molar-refractivity contribution is 7.84. The number of ether oxygens (including phenoxy) is 1. The zero-order valence-electron chi connectivity index (χ0n) is 12.4. The van der Waals surface area contributed by atoms with Crippen molar-refractivity contribution in [3.8, 4) is 0 Å². The summed E-state index contributed by atoms with van der Waals surface area (Å²) in [6.45, 7) is 5.29. The maximum atomic E-state index is 12.2. The molecule has 0 saturated carbocycles. The molecule has 1 fully saturated rings. The van der Waals surface area contributed by atoms with E-state index in [4.69, 9.17) is 4.74 Å². The van der Waals surface area contributed by atoms with Gasteiger partial charge in [0.15, 0.2) is 0 Å². The van der Waals surface area contributed by atoms with Crippen LogP contribution in [0, 0.1) is 0 Å². The van der Waals surface area contributed by atoms with Crippen LogP contribution >= 0.6 is 0 Å². The fraction of sp³-hybridized carbons (Fsp3) is 0.467. The number of hydrogen-bond donors (Lipinski definition) is 0. The lowest BCUT2D eigenvalue weighted by Gasteiger charge is -2.26. The molecule has 3 rings (SSSR count). The van der Waals surface area contributed by atoms with Gasteiger partial charge in [-0.05, 0) is 12.1 Å². The van der Waals surface area contributed by atoms with Gasteiger partial charge in [0.25, 0.3) is 0 Å². The van der Waals surface area contributed by atoms with Gasteiger partial charge in [-0.1, -0.05) is 23.4 Å². The van der Waals surface area contributed by atoms with Gasteiger partial charge in [0.1, 0.15) is 0 Å². The summed E-state index contributed by atoms with van der Waals surface area (Å²) >= 11 is 0. The Balaban J connectivity index is 1.51. The summed E-state index contributed by atoms with van der Waals surface area (Å²) in [5.41, 5.74) is 0.768. The smallest absolute Gasteiger partial charge is 0.0955 e. The van der Waals surface area contributed by atoms with E-state index < -0.39 is 10.8 Å². The monoisotopic (exact) mass is 320 g/mol. The summed E-state index contributed by atoms with van der Waals surface area (Å²) in [5.74, 6) is 0.404. The molecule has 7 heteroatoms. The van der Waals surface area contributed by atoms with Crippen LogP contribution in [0.25, 0.3) is 0 Å². The molecule has 118 valence electrons. The minimum atomic E-state index is -1.07. The predicted molar refractivity (Wildman–Crippen MR) is 83.8 cm³/mol. The summed E-state index contributed by atoms with van der Waals surface area (Å²) in [5, 5.41) is 8.24. The highest BCUT2D eigenvalue weighted by Crippen LogP contribution is 2.10. The number of aromatic nitrogens is 3. The summed E-state index contributed by atoms with van der Waals surface area (Å²) < 4.78 is 19.4. The lowest BCUT2D eigenvalue weighted by atomic mass is 10.4. The number of benzene rings is 1. The first-order valence-corrected chi connectivity index (χ1v) is 8.76. The molecule has 1 atom stereocenters. The highest BCUT2D eigenvalue weighted by Gasteiger charge is 2.11. The second-order valence-corrected chi connectivity index (χ2v) is 6.68. The van der Waals surface area contributed by atoms with Gasteiger partial charge in [-0.15, -0.1) is 5.10 Å². The van der Waals surface area contributed by atoms with Crippen LogP contribution < -0.4 is 0 Å². The first-order valence-electron chi connectivity index (χ1n) is 7.44. The van der Waals surface area contributed by atoms with Gasteiger partial charge in [0.2, 0.25) is 0 Å². The minimum Gasteiger partial charge on any atom is -0.379 e. The maximum absolute atomic E-state index is 12.2. The Morgan fingerprint density at radius 3 is 2.68 bits per heavy atom. The fourth-order valence-electron chi connectivity index (χ4n) is 2.37. The lowest BCUT2D eigenvalue weighted by molar-refractivity contribution is 0.0359. The zero-order valence-corrected chi connectivity index (χ0v) is 13.2. The van der Waals surface area contributed by atoms with Crippen molar-refractivity contribution in [2.24, 2.45) is 0 Å². The first kappa shape index (κ1) is 15.3. The van der Waals surface area contributed by atoms with Crippen LogP contribution in [0.15, 0.2) is 41.4 Å². The van der Waals surface area contributed by atoms with Crippen molar-refractivity contribution in [3.63, 3.8) is 0 Å². The van der Waals surface area contributed by atoms with Crippen LogP contribution in [0.5, 0.6) is 0 Å². The molecular formula is C15H20N4O2S. The van der Waals surface area contributed by atoms with Gasteiger partial charge < -0.3 is 4.74 Å². The van der Waals surface area contributed by atoms with Crippen LogP contribution in [0.4, 0.5) is 0 Å². The first-order chi connectivity index (χ1) is 10.8. The highest BCUT2D eigenvalue weighted by atomic mass is 32.2. The topological polar surface area (TPSA) is 60.2 Å². The van der Waals surface area contributed by atoms with E-state index in [0.29, 0.717) is 5.75 Å². The summed E-state index contributed by atoms with van der Waals surface area (Å²) in [6.07, 6.45) is 1.89. The number of hydrogen-bond acceptors (Lipinski definition) is 5. The van der Waals surface area contributed by atoms with Crippen molar-refractivity contribution in [2.75, 3.05) is 32.8 Å². The summed E-state index contributed by atoms with van der Waals surface area (Å²) in [6, 6.07) is 9.46. The molecule has 2 aromatic rings. The van der Waals surface area contributed by atoms with E-state index in [1.807, 2.05) is 41.2 Å². The molecule has 6 nitrogen and oxygen atoms in total. The molecule has 0 spiro atoms. The molecule has 1 unspecified atom stereocenters. The second kappa shape index (κ2) is 7.62. The Labute approximate surface area is 132 Å². The standard InChI is InChI=1S/C15H20N4O2S/c20-22(15-4-2-1-3-5-15)13-14-12-19(17-16-14)7-6-18-8-10-21-11-9-18/h1-5,12H,6-11,13H2. The second-order valence-electron chi connectivity index (χ2n) is 5.23. The molecule has 1 aliphatic heterocycles. The maximum Gasteiger partial charge on any atom is 0.0955 e. The number of rotatable bonds is 6. The predicted octanol–water partition coefficient (Wildman–Crippen LogP) is 0.918. The molecule has 0 bridgehead atoms. The van der Waals surface area contributed by atoms with E-state index in [1.165, 1.54) is 0 Å². The van der Waals surface area contributed by atoms with Crippen molar-refractivity contribution < 1.29 is 8.95 Å². The Kier molecular flexibility index (Phi) is 5.31. The largest absolute Gasteiger partial charge is 0.379 e. The quantitative estimate of drug-likeness (QED) is 0.792. The molecule has 1 aromatic heterocycles. The molecule has 1 aromatic carbocycles. The van der Waals surface area contributed by atoms with Crippen molar-refractivity contribution in [3.05, 3.63) is 42.2 Å². The SMILES string of the molecule is O=S(Cc1cn(CCN2CCOCC2)nn1)c1ccccc1.